The third kappa shape index (κ3) is 2.08. The maximum Gasteiger partial charge on any atom is 0.181 e. The largest absolute Gasteiger partial charge is 0.740 e. The van der Waals surface area contributed by atoms with E-state index in [2.05, 4.69) is 4.18 Å². The highest BCUT2D eigenvalue weighted by Gasteiger charge is 2.04. The number of rotatable bonds is 2. The third-order valence-corrected chi connectivity index (χ3v) is 2.30. The summed E-state index contributed by atoms with van der Waals surface area (Å²) in [6, 6.07) is 10.2. The second-order valence-corrected chi connectivity index (χ2v) is 3.53. The lowest BCUT2D eigenvalue weighted by Crippen LogP contribution is -1.97. The van der Waals surface area contributed by atoms with Crippen LogP contribution in [0.5, 0.6) is 11.5 Å². The van der Waals surface area contributed by atoms with Crippen LogP contribution >= 0.6 is 0 Å². The number of phenols is 1. The molecule has 0 aromatic heterocycles. The van der Waals surface area contributed by atoms with E-state index >= 15 is 0 Å². The molecular formula is C10H7O4S-. The van der Waals surface area contributed by atoms with Gasteiger partial charge in [0, 0.05) is 0 Å². The molecule has 0 amide bonds. The monoisotopic (exact) mass is 223 g/mol. The van der Waals surface area contributed by atoms with Crippen LogP contribution in [0.4, 0.5) is 0 Å². The Morgan fingerprint density at radius 1 is 1.20 bits per heavy atom. The number of aromatic hydroxyl groups is 1. The smallest absolute Gasteiger partial charge is 0.181 e. The lowest BCUT2D eigenvalue weighted by atomic mass is 10.1. The topological polar surface area (TPSA) is 69.6 Å². The van der Waals surface area contributed by atoms with Crippen LogP contribution in [0.3, 0.4) is 0 Å². The Kier molecular flexibility index (Phi) is 2.57. The molecule has 0 bridgehead atoms. The normalized spacial score (nSPS) is 12.6. The maximum absolute atomic E-state index is 10.3. The van der Waals surface area contributed by atoms with Crippen LogP contribution in [0.2, 0.25) is 0 Å². The average Bonchev–Trinajstić information content (AvgIpc) is 2.18. The molecule has 2 rings (SSSR count). The minimum atomic E-state index is -2.68. The van der Waals surface area contributed by atoms with Crippen LogP contribution in [0.25, 0.3) is 10.8 Å². The standard InChI is InChI=1S/C10H8O4S/c11-9-5-7-3-1-2-4-8(7)6-10(9)14-15(12)13/h1-6,11H,(H,12,13)/p-1. The fourth-order valence-electron chi connectivity index (χ4n) is 1.35. The van der Waals surface area contributed by atoms with Gasteiger partial charge in [0.2, 0.25) is 0 Å². The number of hydrogen-bond acceptors (Lipinski definition) is 4. The molecule has 1 atom stereocenters. The Morgan fingerprint density at radius 2 is 1.80 bits per heavy atom. The molecule has 0 aliphatic heterocycles. The van der Waals surface area contributed by atoms with E-state index in [1.807, 2.05) is 18.2 Å². The first-order valence-electron chi connectivity index (χ1n) is 4.16. The van der Waals surface area contributed by atoms with Crippen LogP contribution in [0, 0.1) is 0 Å². The van der Waals surface area contributed by atoms with Crippen molar-refractivity contribution in [2.75, 3.05) is 0 Å². The predicted octanol–water partition coefficient (Wildman–Crippen LogP) is 1.72. The molecule has 78 valence electrons. The van der Waals surface area contributed by atoms with Gasteiger partial charge >= 0.3 is 0 Å². The molecule has 15 heavy (non-hydrogen) atoms. The lowest BCUT2D eigenvalue weighted by Gasteiger charge is -2.09. The average molecular weight is 223 g/mol. The molecule has 0 fully saturated rings. The van der Waals surface area contributed by atoms with E-state index in [0.717, 1.165) is 10.8 Å². The quantitative estimate of drug-likeness (QED) is 0.787. The van der Waals surface area contributed by atoms with Crippen molar-refractivity contribution < 1.29 is 18.1 Å². The molecule has 1 N–H and O–H groups in total. The molecule has 2 aromatic carbocycles. The van der Waals surface area contributed by atoms with Crippen molar-refractivity contribution in [3.8, 4) is 11.5 Å². The summed E-state index contributed by atoms with van der Waals surface area (Å²) in [5, 5.41) is 11.1. The molecule has 4 nitrogen and oxygen atoms in total. The summed E-state index contributed by atoms with van der Waals surface area (Å²) in [4.78, 5) is 0. The zero-order valence-corrected chi connectivity index (χ0v) is 8.36. The highest BCUT2D eigenvalue weighted by molar-refractivity contribution is 7.74. The van der Waals surface area contributed by atoms with Gasteiger partial charge in [-0.05, 0) is 22.9 Å². The Labute approximate surface area is 88.6 Å². The van der Waals surface area contributed by atoms with Crippen molar-refractivity contribution in [2.24, 2.45) is 0 Å². The fraction of sp³-hybridized carbons (Fsp3) is 0. The molecule has 0 heterocycles. The van der Waals surface area contributed by atoms with Crippen LogP contribution in [0.15, 0.2) is 36.4 Å². The molecule has 0 saturated heterocycles. The van der Waals surface area contributed by atoms with Crippen molar-refractivity contribution in [2.45, 2.75) is 0 Å². The van der Waals surface area contributed by atoms with E-state index in [0.29, 0.717) is 0 Å². The molecule has 5 heteroatoms. The van der Waals surface area contributed by atoms with Crippen molar-refractivity contribution in [1.29, 1.82) is 0 Å². The van der Waals surface area contributed by atoms with Crippen molar-refractivity contribution in [3.63, 3.8) is 0 Å². The molecule has 1 unspecified atom stereocenters. The van der Waals surface area contributed by atoms with Gasteiger partial charge in [-0.3, -0.25) is 0 Å². The van der Waals surface area contributed by atoms with Crippen LogP contribution in [-0.2, 0) is 11.4 Å². The molecule has 0 aliphatic rings. The van der Waals surface area contributed by atoms with Crippen molar-refractivity contribution in [3.05, 3.63) is 36.4 Å². The van der Waals surface area contributed by atoms with Gasteiger partial charge in [-0.15, -0.1) is 0 Å². The zero-order chi connectivity index (χ0) is 10.8. The third-order valence-electron chi connectivity index (χ3n) is 1.99. The molecule has 2 aromatic rings. The lowest BCUT2D eigenvalue weighted by molar-refractivity contribution is 0.410. The molecule has 0 spiro atoms. The second-order valence-electron chi connectivity index (χ2n) is 2.95. The first-order valence-corrected chi connectivity index (χ1v) is 5.16. The summed E-state index contributed by atoms with van der Waals surface area (Å²) in [6.07, 6.45) is 0. The molecular weight excluding hydrogens is 216 g/mol. The summed E-state index contributed by atoms with van der Waals surface area (Å²) >= 11 is -2.68. The summed E-state index contributed by atoms with van der Waals surface area (Å²) < 4.78 is 25.1. The Bertz CT molecular complexity index is 524. The zero-order valence-electron chi connectivity index (χ0n) is 7.54. The number of fused-ring (bicyclic) bond motifs is 1. The second kappa shape index (κ2) is 3.88. The number of phenolic OH excluding ortho intramolecular Hbond substituents is 1. The van der Waals surface area contributed by atoms with Gasteiger partial charge in [0.1, 0.15) is 11.4 Å². The van der Waals surface area contributed by atoms with E-state index in [-0.39, 0.29) is 11.5 Å². The van der Waals surface area contributed by atoms with Gasteiger partial charge in [0.05, 0.1) is 0 Å². The number of benzene rings is 2. The Hall–Kier alpha value is -1.59. The van der Waals surface area contributed by atoms with Crippen LogP contribution in [0.1, 0.15) is 0 Å². The van der Waals surface area contributed by atoms with Crippen molar-refractivity contribution >= 4 is 22.1 Å². The van der Waals surface area contributed by atoms with Gasteiger partial charge in [0.15, 0.2) is 11.5 Å². The summed E-state index contributed by atoms with van der Waals surface area (Å²) in [6.45, 7) is 0. The first-order chi connectivity index (χ1) is 7.16. The Morgan fingerprint density at radius 3 is 2.40 bits per heavy atom. The van der Waals surface area contributed by atoms with E-state index in [9.17, 15) is 13.9 Å². The van der Waals surface area contributed by atoms with Gasteiger partial charge in [0.25, 0.3) is 0 Å². The Balaban J connectivity index is 2.56. The minimum Gasteiger partial charge on any atom is -0.740 e. The van der Waals surface area contributed by atoms with E-state index in [1.165, 1.54) is 12.1 Å². The van der Waals surface area contributed by atoms with Crippen molar-refractivity contribution in [1.82, 2.24) is 0 Å². The van der Waals surface area contributed by atoms with Crippen LogP contribution < -0.4 is 4.18 Å². The molecule has 0 aliphatic carbocycles. The van der Waals surface area contributed by atoms with E-state index in [4.69, 9.17) is 0 Å². The summed E-state index contributed by atoms with van der Waals surface area (Å²) in [7, 11) is 0. The number of hydrogen-bond donors (Lipinski definition) is 1. The molecule has 0 radical (unpaired) electrons. The van der Waals surface area contributed by atoms with Gasteiger partial charge in [-0.1, -0.05) is 24.3 Å². The summed E-state index contributed by atoms with van der Waals surface area (Å²) in [5.74, 6) is -0.264. The van der Waals surface area contributed by atoms with E-state index in [1.54, 1.807) is 6.07 Å². The molecule has 0 saturated carbocycles. The fourth-order valence-corrected chi connectivity index (χ4v) is 1.63. The van der Waals surface area contributed by atoms with Crippen LogP contribution in [-0.4, -0.2) is 13.9 Å². The van der Waals surface area contributed by atoms with Gasteiger partial charge in [-0.25, -0.2) is 4.21 Å². The minimum absolute atomic E-state index is 0.0676. The van der Waals surface area contributed by atoms with E-state index < -0.39 is 11.4 Å². The maximum atomic E-state index is 10.3. The highest BCUT2D eigenvalue weighted by atomic mass is 32.2. The SMILES string of the molecule is O=S([O-])Oc1cc2ccccc2cc1O. The predicted molar refractivity (Wildman–Crippen MR) is 55.2 cm³/mol. The van der Waals surface area contributed by atoms with Gasteiger partial charge in [-0.2, -0.15) is 0 Å². The first kappa shape index (κ1) is 9.95. The highest BCUT2D eigenvalue weighted by Crippen LogP contribution is 2.31. The van der Waals surface area contributed by atoms with Gasteiger partial charge < -0.3 is 13.8 Å². The summed E-state index contributed by atoms with van der Waals surface area (Å²) in [5.41, 5.74) is 0.